The highest BCUT2D eigenvalue weighted by Gasteiger charge is 2.28. The number of ether oxygens (including phenoxy) is 1. The van der Waals surface area contributed by atoms with Crippen molar-refractivity contribution in [2.75, 3.05) is 19.7 Å². The maximum absolute atomic E-state index is 12.4. The number of nitrogens with zero attached hydrogens (tertiary/aromatic N) is 2. The third-order valence-corrected chi connectivity index (χ3v) is 4.91. The first-order valence-corrected chi connectivity index (χ1v) is 8.00. The number of fused-ring (bicyclic) bond motifs is 1. The van der Waals surface area contributed by atoms with Gasteiger partial charge in [-0.3, -0.25) is 4.31 Å². The summed E-state index contributed by atoms with van der Waals surface area (Å²) in [6.07, 6.45) is 1.76. The summed E-state index contributed by atoms with van der Waals surface area (Å²) >= 11 is 0. The Hall–Kier alpha value is -1.44. The minimum atomic E-state index is -3.51. The lowest BCUT2D eigenvalue weighted by Gasteiger charge is -2.25. The van der Waals surface area contributed by atoms with Gasteiger partial charge in [-0.05, 0) is 25.5 Å². The van der Waals surface area contributed by atoms with Crippen molar-refractivity contribution in [1.82, 2.24) is 4.31 Å². The molecule has 1 heterocycles. The molecule has 0 bridgehead atoms. The quantitative estimate of drug-likeness (QED) is 0.852. The maximum atomic E-state index is 12.4. The highest BCUT2D eigenvalue weighted by molar-refractivity contribution is 7.89. The smallest absolute Gasteiger partial charge is 0.267 e. The fraction of sp³-hybridized carbons (Fsp3) is 0.462. The topological polar surface area (TPSA) is 85.0 Å². The standard InChI is InChI=1S/C13H19N3O3S/c1-2-19-11(9-14)7-8-16-10-15-12-5-3-4-6-13(12)20(16,17)18/h3-6,10-11H,2,7-9,14H2,1H3. The first-order valence-electron chi connectivity index (χ1n) is 6.56. The fourth-order valence-corrected chi connectivity index (χ4v) is 3.46. The molecule has 0 amide bonds. The van der Waals surface area contributed by atoms with Gasteiger partial charge in [0.25, 0.3) is 10.0 Å². The minimum Gasteiger partial charge on any atom is -0.377 e. The van der Waals surface area contributed by atoms with E-state index in [0.717, 1.165) is 0 Å². The number of hydrogen-bond acceptors (Lipinski definition) is 5. The molecule has 1 aromatic carbocycles. The maximum Gasteiger partial charge on any atom is 0.267 e. The zero-order chi connectivity index (χ0) is 14.6. The van der Waals surface area contributed by atoms with Gasteiger partial charge in [0.05, 0.1) is 11.8 Å². The molecule has 0 radical (unpaired) electrons. The number of sulfonamides is 1. The van der Waals surface area contributed by atoms with Crippen molar-refractivity contribution < 1.29 is 13.2 Å². The SMILES string of the molecule is CCOC(CN)CCN1C=Nc2ccccc2S1(=O)=O. The molecule has 110 valence electrons. The van der Waals surface area contributed by atoms with E-state index in [4.69, 9.17) is 10.5 Å². The van der Waals surface area contributed by atoms with Crippen LogP contribution in [0.1, 0.15) is 13.3 Å². The lowest BCUT2D eigenvalue weighted by Crippen LogP contribution is -2.36. The van der Waals surface area contributed by atoms with Gasteiger partial charge < -0.3 is 10.5 Å². The predicted octanol–water partition coefficient (Wildman–Crippen LogP) is 1.10. The van der Waals surface area contributed by atoms with Gasteiger partial charge >= 0.3 is 0 Å². The van der Waals surface area contributed by atoms with Crippen LogP contribution in [0.25, 0.3) is 0 Å². The molecular weight excluding hydrogens is 278 g/mol. The average Bonchev–Trinajstić information content (AvgIpc) is 2.45. The van der Waals surface area contributed by atoms with Crippen molar-refractivity contribution >= 4 is 22.0 Å². The molecule has 6 nitrogen and oxygen atoms in total. The fourth-order valence-electron chi connectivity index (χ4n) is 2.05. The number of benzene rings is 1. The Labute approximate surface area is 119 Å². The van der Waals surface area contributed by atoms with Crippen molar-refractivity contribution in [3.63, 3.8) is 0 Å². The van der Waals surface area contributed by atoms with Crippen LogP contribution in [-0.2, 0) is 14.8 Å². The third-order valence-electron chi connectivity index (χ3n) is 3.11. The number of rotatable bonds is 6. The number of para-hydroxylation sites is 1. The van der Waals surface area contributed by atoms with Crippen LogP contribution in [0.15, 0.2) is 34.2 Å². The minimum absolute atomic E-state index is 0.138. The Morgan fingerprint density at radius 3 is 2.85 bits per heavy atom. The Bertz CT molecular complexity index is 586. The summed E-state index contributed by atoms with van der Waals surface area (Å²) in [5.41, 5.74) is 6.07. The summed E-state index contributed by atoms with van der Waals surface area (Å²) < 4.78 is 31.5. The molecule has 1 aliphatic rings. The summed E-state index contributed by atoms with van der Waals surface area (Å²) in [7, 11) is -3.51. The van der Waals surface area contributed by atoms with Crippen LogP contribution < -0.4 is 5.73 Å². The molecule has 0 spiro atoms. The largest absolute Gasteiger partial charge is 0.377 e. The van der Waals surface area contributed by atoms with Crippen molar-refractivity contribution in [2.24, 2.45) is 10.7 Å². The van der Waals surface area contributed by atoms with E-state index < -0.39 is 10.0 Å². The Morgan fingerprint density at radius 2 is 2.15 bits per heavy atom. The van der Waals surface area contributed by atoms with Crippen LogP contribution in [0, 0.1) is 0 Å². The lowest BCUT2D eigenvalue weighted by atomic mass is 10.2. The second-order valence-corrected chi connectivity index (χ2v) is 6.29. The molecule has 1 atom stereocenters. The molecule has 20 heavy (non-hydrogen) atoms. The van der Waals surface area contributed by atoms with Crippen molar-refractivity contribution in [1.29, 1.82) is 0 Å². The molecule has 0 saturated carbocycles. The molecule has 2 N–H and O–H groups in total. The van der Waals surface area contributed by atoms with Gasteiger partial charge in [0.2, 0.25) is 0 Å². The van der Waals surface area contributed by atoms with E-state index in [0.29, 0.717) is 31.8 Å². The van der Waals surface area contributed by atoms with Gasteiger partial charge in [-0.25, -0.2) is 13.4 Å². The van der Waals surface area contributed by atoms with Crippen LogP contribution >= 0.6 is 0 Å². The van der Waals surface area contributed by atoms with E-state index in [9.17, 15) is 8.42 Å². The van der Waals surface area contributed by atoms with Gasteiger partial charge in [-0.15, -0.1) is 0 Å². The van der Waals surface area contributed by atoms with Crippen molar-refractivity contribution in [2.45, 2.75) is 24.3 Å². The van der Waals surface area contributed by atoms with Crippen LogP contribution in [0.4, 0.5) is 5.69 Å². The molecule has 1 aliphatic heterocycles. The molecule has 7 heteroatoms. The first-order chi connectivity index (χ1) is 9.59. The Morgan fingerprint density at radius 1 is 1.40 bits per heavy atom. The van der Waals surface area contributed by atoms with Gasteiger partial charge in [0, 0.05) is 19.7 Å². The third kappa shape index (κ3) is 3.00. The van der Waals surface area contributed by atoms with Crippen molar-refractivity contribution in [3.05, 3.63) is 24.3 Å². The second kappa shape index (κ2) is 6.34. The van der Waals surface area contributed by atoms with E-state index >= 15 is 0 Å². The molecule has 0 aliphatic carbocycles. The molecule has 1 aromatic rings. The van der Waals surface area contributed by atoms with E-state index in [1.807, 2.05) is 6.92 Å². The van der Waals surface area contributed by atoms with Crippen LogP contribution in [0.5, 0.6) is 0 Å². The Balaban J connectivity index is 2.12. The second-order valence-electron chi connectivity index (χ2n) is 4.43. The zero-order valence-electron chi connectivity index (χ0n) is 11.4. The highest BCUT2D eigenvalue weighted by atomic mass is 32.2. The number of hydrogen-bond donors (Lipinski definition) is 1. The normalized spacial score (nSPS) is 17.8. The van der Waals surface area contributed by atoms with Crippen molar-refractivity contribution in [3.8, 4) is 0 Å². The van der Waals surface area contributed by atoms with Crippen LogP contribution in [-0.4, -0.2) is 44.9 Å². The van der Waals surface area contributed by atoms with Gasteiger partial charge in [0.1, 0.15) is 11.2 Å². The average molecular weight is 297 g/mol. The molecule has 0 aromatic heterocycles. The van der Waals surface area contributed by atoms with Gasteiger partial charge in [0.15, 0.2) is 0 Å². The number of nitrogens with two attached hydrogens (primary N) is 1. The number of aliphatic imine (C=N–C) groups is 1. The predicted molar refractivity (Wildman–Crippen MR) is 77.6 cm³/mol. The summed E-state index contributed by atoms with van der Waals surface area (Å²) in [6, 6.07) is 6.71. The summed E-state index contributed by atoms with van der Waals surface area (Å²) in [6.45, 7) is 3.13. The van der Waals surface area contributed by atoms with E-state index in [-0.39, 0.29) is 11.0 Å². The van der Waals surface area contributed by atoms with Gasteiger partial charge in [-0.1, -0.05) is 12.1 Å². The summed E-state index contributed by atoms with van der Waals surface area (Å²) in [4.78, 5) is 4.41. The van der Waals surface area contributed by atoms with E-state index in [1.54, 1.807) is 24.3 Å². The zero-order valence-corrected chi connectivity index (χ0v) is 12.2. The van der Waals surface area contributed by atoms with Crippen LogP contribution in [0.2, 0.25) is 0 Å². The Kier molecular flexibility index (Phi) is 4.74. The highest BCUT2D eigenvalue weighted by Crippen LogP contribution is 2.29. The molecule has 0 saturated heterocycles. The summed E-state index contributed by atoms with van der Waals surface area (Å²) in [5.74, 6) is 0. The molecule has 1 unspecified atom stereocenters. The molecule has 0 fully saturated rings. The van der Waals surface area contributed by atoms with E-state index in [2.05, 4.69) is 4.99 Å². The van der Waals surface area contributed by atoms with Crippen LogP contribution in [0.3, 0.4) is 0 Å². The summed E-state index contributed by atoms with van der Waals surface area (Å²) in [5, 5.41) is 0. The van der Waals surface area contributed by atoms with E-state index in [1.165, 1.54) is 10.6 Å². The molecule has 2 rings (SSSR count). The van der Waals surface area contributed by atoms with Gasteiger partial charge in [-0.2, -0.15) is 0 Å². The lowest BCUT2D eigenvalue weighted by molar-refractivity contribution is 0.0617. The monoisotopic (exact) mass is 297 g/mol. The first kappa shape index (κ1) is 15.0. The molecular formula is C13H19N3O3S.